The third-order valence-electron chi connectivity index (χ3n) is 3.88. The summed E-state index contributed by atoms with van der Waals surface area (Å²) in [5, 5.41) is 7.95. The molecular weight excluding hydrogens is 250 g/mol. The molecule has 2 aromatic rings. The largest absolute Gasteiger partial charge is 0.492 e. The predicted molar refractivity (Wildman–Crippen MR) is 78.8 cm³/mol. The van der Waals surface area contributed by atoms with E-state index in [4.69, 9.17) is 4.74 Å². The predicted octanol–water partition coefficient (Wildman–Crippen LogP) is 2.47. The van der Waals surface area contributed by atoms with Gasteiger partial charge in [0.2, 0.25) is 0 Å². The zero-order chi connectivity index (χ0) is 13.8. The Balaban J connectivity index is 1.50. The molecular formula is C16H21N3O. The van der Waals surface area contributed by atoms with E-state index in [1.807, 2.05) is 48.3 Å². The average molecular weight is 271 g/mol. The van der Waals surface area contributed by atoms with E-state index in [0.717, 1.165) is 18.7 Å². The van der Waals surface area contributed by atoms with Crippen molar-refractivity contribution in [1.82, 2.24) is 15.1 Å². The van der Waals surface area contributed by atoms with Crippen LogP contribution in [-0.4, -0.2) is 22.9 Å². The first kappa shape index (κ1) is 13.2. The Morgan fingerprint density at radius 2 is 2.20 bits per heavy atom. The number of hydrogen-bond donors (Lipinski definition) is 1. The van der Waals surface area contributed by atoms with Crippen LogP contribution in [0.25, 0.3) is 0 Å². The Kier molecular flexibility index (Phi) is 4.02. The summed E-state index contributed by atoms with van der Waals surface area (Å²) in [6.45, 7) is 1.55. The van der Waals surface area contributed by atoms with Gasteiger partial charge in [-0.05, 0) is 31.4 Å². The second-order valence-electron chi connectivity index (χ2n) is 5.23. The zero-order valence-electron chi connectivity index (χ0n) is 11.9. The van der Waals surface area contributed by atoms with Gasteiger partial charge in [0.25, 0.3) is 0 Å². The number of fused-ring (bicyclic) bond motifs is 1. The van der Waals surface area contributed by atoms with E-state index in [1.165, 1.54) is 24.1 Å². The van der Waals surface area contributed by atoms with E-state index >= 15 is 0 Å². The molecule has 0 aliphatic heterocycles. The second kappa shape index (κ2) is 6.09. The van der Waals surface area contributed by atoms with Gasteiger partial charge in [0, 0.05) is 30.9 Å². The summed E-state index contributed by atoms with van der Waals surface area (Å²) in [5.74, 6) is 0.931. The Labute approximate surface area is 119 Å². The van der Waals surface area contributed by atoms with Gasteiger partial charge in [0.1, 0.15) is 12.4 Å². The van der Waals surface area contributed by atoms with E-state index in [1.54, 1.807) is 0 Å². The highest BCUT2D eigenvalue weighted by Gasteiger charge is 2.22. The second-order valence-corrected chi connectivity index (χ2v) is 5.23. The van der Waals surface area contributed by atoms with Crippen molar-refractivity contribution in [3.63, 3.8) is 0 Å². The van der Waals surface area contributed by atoms with E-state index in [9.17, 15) is 0 Å². The van der Waals surface area contributed by atoms with Crippen LogP contribution in [0.5, 0.6) is 5.75 Å². The Bertz CT molecular complexity index is 550. The molecule has 4 nitrogen and oxygen atoms in total. The summed E-state index contributed by atoms with van der Waals surface area (Å²) in [5.41, 5.74) is 2.73. The van der Waals surface area contributed by atoms with Crippen LogP contribution < -0.4 is 10.1 Å². The molecule has 1 aromatic heterocycles. The number of rotatable bonds is 5. The molecule has 0 spiro atoms. The van der Waals surface area contributed by atoms with Gasteiger partial charge in [0.15, 0.2) is 0 Å². The number of aryl methyl sites for hydroxylation is 1. The fourth-order valence-electron chi connectivity index (χ4n) is 2.84. The minimum absolute atomic E-state index is 0.423. The summed E-state index contributed by atoms with van der Waals surface area (Å²) in [6, 6.07) is 10.4. The Morgan fingerprint density at radius 1 is 1.35 bits per heavy atom. The number of nitrogens with one attached hydrogen (secondary N) is 1. The van der Waals surface area contributed by atoms with Gasteiger partial charge in [-0.2, -0.15) is 5.10 Å². The lowest BCUT2D eigenvalue weighted by atomic mass is 9.93. The molecule has 20 heavy (non-hydrogen) atoms. The summed E-state index contributed by atoms with van der Waals surface area (Å²) < 4.78 is 7.71. The van der Waals surface area contributed by atoms with Gasteiger partial charge >= 0.3 is 0 Å². The van der Waals surface area contributed by atoms with Crippen molar-refractivity contribution in [1.29, 1.82) is 0 Å². The zero-order valence-corrected chi connectivity index (χ0v) is 11.9. The first-order valence-electron chi connectivity index (χ1n) is 7.26. The first-order chi connectivity index (χ1) is 9.84. The molecule has 0 bridgehead atoms. The van der Waals surface area contributed by atoms with Crippen LogP contribution >= 0.6 is 0 Å². The van der Waals surface area contributed by atoms with E-state index in [-0.39, 0.29) is 0 Å². The molecule has 0 radical (unpaired) electrons. The number of ether oxygens (including phenoxy) is 1. The number of para-hydroxylation sites is 1. The third-order valence-corrected chi connectivity index (χ3v) is 3.88. The lowest BCUT2D eigenvalue weighted by Gasteiger charge is -2.23. The monoisotopic (exact) mass is 271 g/mol. The maximum atomic E-state index is 5.71. The molecule has 0 fully saturated rings. The van der Waals surface area contributed by atoms with Gasteiger partial charge in [-0.3, -0.25) is 4.68 Å². The van der Waals surface area contributed by atoms with Gasteiger partial charge in [0.05, 0.1) is 6.20 Å². The normalized spacial score (nSPS) is 17.8. The summed E-state index contributed by atoms with van der Waals surface area (Å²) in [7, 11) is 2.03. The minimum Gasteiger partial charge on any atom is -0.492 e. The minimum atomic E-state index is 0.423. The van der Waals surface area contributed by atoms with Crippen molar-refractivity contribution in [2.24, 2.45) is 7.05 Å². The maximum absolute atomic E-state index is 5.71. The van der Waals surface area contributed by atoms with Crippen LogP contribution in [0.15, 0.2) is 36.5 Å². The number of aromatic nitrogens is 2. The SMILES string of the molecule is Cn1ncc2c1CCCC2NCCOc1ccccc1. The summed E-state index contributed by atoms with van der Waals surface area (Å²) in [4.78, 5) is 0. The van der Waals surface area contributed by atoms with Gasteiger partial charge in [-0.25, -0.2) is 0 Å². The van der Waals surface area contributed by atoms with Gasteiger partial charge < -0.3 is 10.1 Å². The lowest BCUT2D eigenvalue weighted by molar-refractivity contribution is 0.300. The summed E-state index contributed by atoms with van der Waals surface area (Å²) in [6.07, 6.45) is 5.56. The van der Waals surface area contributed by atoms with Gasteiger partial charge in [-0.1, -0.05) is 18.2 Å². The molecule has 0 amide bonds. The highest BCUT2D eigenvalue weighted by Crippen LogP contribution is 2.28. The molecule has 1 unspecified atom stereocenters. The van der Waals surface area contributed by atoms with Crippen molar-refractivity contribution >= 4 is 0 Å². The van der Waals surface area contributed by atoms with E-state index in [0.29, 0.717) is 12.6 Å². The number of benzene rings is 1. The van der Waals surface area contributed by atoms with Crippen molar-refractivity contribution in [3.8, 4) is 5.75 Å². The molecule has 3 rings (SSSR count). The highest BCUT2D eigenvalue weighted by atomic mass is 16.5. The topological polar surface area (TPSA) is 39.1 Å². The molecule has 1 aromatic carbocycles. The van der Waals surface area contributed by atoms with E-state index < -0.39 is 0 Å². The van der Waals surface area contributed by atoms with Crippen LogP contribution in [0.2, 0.25) is 0 Å². The van der Waals surface area contributed by atoms with Crippen molar-refractivity contribution < 1.29 is 4.74 Å². The van der Waals surface area contributed by atoms with Crippen LogP contribution in [0, 0.1) is 0 Å². The molecule has 1 aliphatic carbocycles. The molecule has 1 atom stereocenters. The van der Waals surface area contributed by atoms with E-state index in [2.05, 4.69) is 10.4 Å². The Hall–Kier alpha value is -1.81. The standard InChI is InChI=1S/C16H21N3O/c1-19-16-9-5-8-15(14(16)12-18-19)17-10-11-20-13-6-3-2-4-7-13/h2-4,6-7,12,15,17H,5,8-11H2,1H3. The third kappa shape index (κ3) is 2.85. The fourth-order valence-corrected chi connectivity index (χ4v) is 2.84. The van der Waals surface area contributed by atoms with Crippen molar-refractivity contribution in [2.75, 3.05) is 13.2 Å². The van der Waals surface area contributed by atoms with Crippen LogP contribution in [-0.2, 0) is 13.5 Å². The molecule has 1 N–H and O–H groups in total. The molecule has 4 heteroatoms. The highest BCUT2D eigenvalue weighted by molar-refractivity contribution is 5.24. The first-order valence-corrected chi connectivity index (χ1v) is 7.26. The van der Waals surface area contributed by atoms with Crippen LogP contribution in [0.1, 0.15) is 30.1 Å². The fraction of sp³-hybridized carbons (Fsp3) is 0.438. The Morgan fingerprint density at radius 3 is 3.05 bits per heavy atom. The van der Waals surface area contributed by atoms with Crippen LogP contribution in [0.3, 0.4) is 0 Å². The lowest BCUT2D eigenvalue weighted by Crippen LogP contribution is -2.28. The smallest absolute Gasteiger partial charge is 0.119 e. The molecule has 0 saturated heterocycles. The molecule has 0 saturated carbocycles. The molecule has 1 heterocycles. The summed E-state index contributed by atoms with van der Waals surface area (Å²) >= 11 is 0. The number of hydrogen-bond acceptors (Lipinski definition) is 3. The average Bonchev–Trinajstić information content (AvgIpc) is 2.87. The van der Waals surface area contributed by atoms with Gasteiger partial charge in [-0.15, -0.1) is 0 Å². The maximum Gasteiger partial charge on any atom is 0.119 e. The number of nitrogens with zero attached hydrogens (tertiary/aromatic N) is 2. The van der Waals surface area contributed by atoms with Crippen molar-refractivity contribution in [3.05, 3.63) is 47.8 Å². The van der Waals surface area contributed by atoms with Crippen molar-refractivity contribution in [2.45, 2.75) is 25.3 Å². The quantitative estimate of drug-likeness (QED) is 0.849. The molecule has 1 aliphatic rings. The molecule has 106 valence electrons. The van der Waals surface area contributed by atoms with Crippen LogP contribution in [0.4, 0.5) is 0 Å².